The van der Waals surface area contributed by atoms with Crippen LogP contribution in [0.4, 0.5) is 5.69 Å². The minimum absolute atomic E-state index is 0.0505. The highest BCUT2D eigenvalue weighted by Crippen LogP contribution is 2.37. The molecule has 1 aromatic rings. The monoisotopic (exact) mass is 217 g/mol. The molecule has 1 N–H and O–H groups in total. The van der Waals surface area contributed by atoms with Gasteiger partial charge in [-0.3, -0.25) is 0 Å². The highest BCUT2D eigenvalue weighted by atomic mass is 16.5. The normalized spacial score (nSPS) is 21.4. The molecule has 0 radical (unpaired) electrons. The third-order valence-electron chi connectivity index (χ3n) is 3.62. The second kappa shape index (κ2) is 3.41. The van der Waals surface area contributed by atoms with Gasteiger partial charge in [-0.05, 0) is 56.4 Å². The molecule has 86 valence electrons. The third-order valence-corrected chi connectivity index (χ3v) is 3.62. The lowest BCUT2D eigenvalue weighted by Gasteiger charge is -2.24. The molecule has 0 bridgehead atoms. The SMILES string of the molecule is CC1(C)CCNc2cc3c(cc2O1)CCC3. The van der Waals surface area contributed by atoms with E-state index in [4.69, 9.17) is 4.74 Å². The number of nitrogens with one attached hydrogen (secondary N) is 1. The summed E-state index contributed by atoms with van der Waals surface area (Å²) in [6.07, 6.45) is 4.79. The van der Waals surface area contributed by atoms with Gasteiger partial charge in [0.2, 0.25) is 0 Å². The Morgan fingerprint density at radius 1 is 1.19 bits per heavy atom. The van der Waals surface area contributed by atoms with Crippen LogP contribution in [0.25, 0.3) is 0 Å². The highest BCUT2D eigenvalue weighted by molar-refractivity contribution is 5.61. The van der Waals surface area contributed by atoms with Crippen LogP contribution in [0, 0.1) is 0 Å². The van der Waals surface area contributed by atoms with Crippen molar-refractivity contribution in [2.75, 3.05) is 11.9 Å². The molecule has 0 unspecified atom stereocenters. The van der Waals surface area contributed by atoms with Crippen molar-refractivity contribution in [1.82, 2.24) is 0 Å². The summed E-state index contributed by atoms with van der Waals surface area (Å²) >= 11 is 0. The van der Waals surface area contributed by atoms with Gasteiger partial charge in [0.05, 0.1) is 5.69 Å². The quantitative estimate of drug-likeness (QED) is 0.720. The van der Waals surface area contributed by atoms with Crippen molar-refractivity contribution in [2.24, 2.45) is 0 Å². The van der Waals surface area contributed by atoms with Crippen LogP contribution in [-0.2, 0) is 12.8 Å². The first-order valence-electron chi connectivity index (χ1n) is 6.23. The summed E-state index contributed by atoms with van der Waals surface area (Å²) in [7, 11) is 0. The van der Waals surface area contributed by atoms with Crippen LogP contribution in [0.2, 0.25) is 0 Å². The van der Waals surface area contributed by atoms with E-state index < -0.39 is 0 Å². The maximum atomic E-state index is 6.11. The fourth-order valence-corrected chi connectivity index (χ4v) is 2.67. The van der Waals surface area contributed by atoms with Gasteiger partial charge >= 0.3 is 0 Å². The topological polar surface area (TPSA) is 21.3 Å². The number of benzene rings is 1. The fourth-order valence-electron chi connectivity index (χ4n) is 2.67. The molecule has 1 heterocycles. The first-order chi connectivity index (χ1) is 7.64. The van der Waals surface area contributed by atoms with Crippen LogP contribution in [0.1, 0.15) is 37.8 Å². The van der Waals surface area contributed by atoms with Crippen molar-refractivity contribution in [3.63, 3.8) is 0 Å². The van der Waals surface area contributed by atoms with Crippen molar-refractivity contribution in [1.29, 1.82) is 0 Å². The molecular formula is C14H19NO. The number of aryl methyl sites for hydroxylation is 2. The molecular weight excluding hydrogens is 198 g/mol. The standard InChI is InChI=1S/C14H19NO/c1-14(2)6-7-15-12-8-10-4-3-5-11(10)9-13(12)16-14/h8-9,15H,3-7H2,1-2H3. The average molecular weight is 217 g/mol. The predicted molar refractivity (Wildman–Crippen MR) is 66.3 cm³/mol. The van der Waals surface area contributed by atoms with Gasteiger partial charge in [-0.2, -0.15) is 0 Å². The molecule has 1 aliphatic carbocycles. The Morgan fingerprint density at radius 3 is 2.75 bits per heavy atom. The Kier molecular flexibility index (Phi) is 2.13. The molecule has 0 spiro atoms. The molecule has 0 aromatic heterocycles. The molecule has 0 atom stereocenters. The van der Waals surface area contributed by atoms with Gasteiger partial charge in [-0.25, -0.2) is 0 Å². The molecule has 1 aliphatic heterocycles. The summed E-state index contributed by atoms with van der Waals surface area (Å²) < 4.78 is 6.11. The maximum absolute atomic E-state index is 6.11. The van der Waals surface area contributed by atoms with E-state index in [1.165, 1.54) is 36.1 Å². The lowest BCUT2D eigenvalue weighted by Crippen LogP contribution is -2.28. The Bertz CT molecular complexity index is 423. The van der Waals surface area contributed by atoms with Gasteiger partial charge < -0.3 is 10.1 Å². The number of anilines is 1. The molecule has 2 heteroatoms. The van der Waals surface area contributed by atoms with Crippen LogP contribution in [0.5, 0.6) is 5.75 Å². The van der Waals surface area contributed by atoms with E-state index in [0.717, 1.165) is 18.7 Å². The number of rotatable bonds is 0. The van der Waals surface area contributed by atoms with E-state index in [1.54, 1.807) is 0 Å². The van der Waals surface area contributed by atoms with Crippen LogP contribution in [0.3, 0.4) is 0 Å². The van der Waals surface area contributed by atoms with Crippen molar-refractivity contribution in [3.05, 3.63) is 23.3 Å². The minimum Gasteiger partial charge on any atom is -0.486 e. The van der Waals surface area contributed by atoms with E-state index in [9.17, 15) is 0 Å². The smallest absolute Gasteiger partial charge is 0.143 e. The minimum atomic E-state index is -0.0505. The third kappa shape index (κ3) is 1.66. The van der Waals surface area contributed by atoms with E-state index >= 15 is 0 Å². The summed E-state index contributed by atoms with van der Waals surface area (Å²) in [5.41, 5.74) is 4.13. The average Bonchev–Trinajstić information content (AvgIpc) is 2.57. The van der Waals surface area contributed by atoms with E-state index in [-0.39, 0.29) is 5.60 Å². The van der Waals surface area contributed by atoms with Crippen molar-refractivity contribution in [2.45, 2.75) is 45.1 Å². The van der Waals surface area contributed by atoms with Gasteiger partial charge in [-0.1, -0.05) is 0 Å². The summed E-state index contributed by atoms with van der Waals surface area (Å²) in [6.45, 7) is 5.33. The zero-order chi connectivity index (χ0) is 11.2. The summed E-state index contributed by atoms with van der Waals surface area (Å²) in [4.78, 5) is 0. The Morgan fingerprint density at radius 2 is 1.94 bits per heavy atom. The molecule has 0 fully saturated rings. The molecule has 16 heavy (non-hydrogen) atoms. The van der Waals surface area contributed by atoms with E-state index in [1.807, 2.05) is 0 Å². The van der Waals surface area contributed by atoms with Crippen LogP contribution >= 0.6 is 0 Å². The maximum Gasteiger partial charge on any atom is 0.143 e. The second-order valence-electron chi connectivity index (χ2n) is 5.51. The number of ether oxygens (including phenoxy) is 1. The zero-order valence-corrected chi connectivity index (χ0v) is 10.1. The van der Waals surface area contributed by atoms with E-state index in [2.05, 4.69) is 31.3 Å². The molecule has 0 saturated carbocycles. The first-order valence-corrected chi connectivity index (χ1v) is 6.23. The molecule has 3 rings (SSSR count). The van der Waals surface area contributed by atoms with Gasteiger partial charge in [0.1, 0.15) is 11.4 Å². The van der Waals surface area contributed by atoms with Crippen LogP contribution in [0.15, 0.2) is 12.1 Å². The first kappa shape index (κ1) is 10.0. The summed E-state index contributed by atoms with van der Waals surface area (Å²) in [6, 6.07) is 4.54. The Hall–Kier alpha value is -1.18. The molecule has 1 aromatic carbocycles. The van der Waals surface area contributed by atoms with Gasteiger partial charge in [0, 0.05) is 13.0 Å². The zero-order valence-electron chi connectivity index (χ0n) is 10.1. The van der Waals surface area contributed by atoms with Crippen molar-refractivity contribution < 1.29 is 4.74 Å². The predicted octanol–water partition coefficient (Wildman–Crippen LogP) is 3.15. The van der Waals surface area contributed by atoms with E-state index in [0.29, 0.717) is 0 Å². The second-order valence-corrected chi connectivity index (χ2v) is 5.51. The highest BCUT2D eigenvalue weighted by Gasteiger charge is 2.25. The summed E-state index contributed by atoms with van der Waals surface area (Å²) in [5.74, 6) is 1.04. The number of fused-ring (bicyclic) bond motifs is 2. The molecule has 0 saturated heterocycles. The number of hydrogen-bond acceptors (Lipinski definition) is 2. The fraction of sp³-hybridized carbons (Fsp3) is 0.571. The van der Waals surface area contributed by atoms with Crippen molar-refractivity contribution in [3.8, 4) is 5.75 Å². The van der Waals surface area contributed by atoms with Crippen molar-refractivity contribution >= 4 is 5.69 Å². The van der Waals surface area contributed by atoms with Gasteiger partial charge in [0.25, 0.3) is 0 Å². The van der Waals surface area contributed by atoms with Crippen LogP contribution < -0.4 is 10.1 Å². The molecule has 2 aliphatic rings. The van der Waals surface area contributed by atoms with Gasteiger partial charge in [0.15, 0.2) is 0 Å². The summed E-state index contributed by atoms with van der Waals surface area (Å²) in [5, 5.41) is 3.49. The largest absolute Gasteiger partial charge is 0.486 e. The van der Waals surface area contributed by atoms with Gasteiger partial charge in [-0.15, -0.1) is 0 Å². The Labute approximate surface area is 97.0 Å². The number of hydrogen-bond donors (Lipinski definition) is 1. The lowest BCUT2D eigenvalue weighted by atomic mass is 10.1. The van der Waals surface area contributed by atoms with Crippen LogP contribution in [-0.4, -0.2) is 12.1 Å². The molecule has 0 amide bonds. The Balaban J connectivity index is 2.04. The molecule has 2 nitrogen and oxygen atoms in total. The lowest BCUT2D eigenvalue weighted by molar-refractivity contribution is 0.108.